The number of carbonyl (C=O) groups is 1. The van der Waals surface area contributed by atoms with E-state index in [-0.39, 0.29) is 23.7 Å². The van der Waals surface area contributed by atoms with E-state index >= 15 is 0 Å². The van der Waals surface area contributed by atoms with Gasteiger partial charge in [0, 0.05) is 0 Å². The molecule has 0 aliphatic heterocycles. The molecule has 3 atom stereocenters. The van der Waals surface area contributed by atoms with Gasteiger partial charge in [-0.25, -0.2) is 4.39 Å². The average Bonchev–Trinajstić information content (AvgIpc) is 2.96. The second kappa shape index (κ2) is 4.93. The van der Waals surface area contributed by atoms with Crippen LogP contribution in [0.5, 0.6) is 0 Å². The highest BCUT2D eigenvalue weighted by atomic mass is 19.1. The molecule has 3 unspecified atom stereocenters. The molecule has 1 fully saturated rings. The van der Waals surface area contributed by atoms with Gasteiger partial charge in [0.25, 0.3) is 0 Å². The van der Waals surface area contributed by atoms with Crippen molar-refractivity contribution in [3.8, 4) is 0 Å². The fraction of sp³-hybridized carbons (Fsp3) is 0.533. The number of carbonyl (C=O) groups excluding carboxylic acids is 1. The molecule has 3 nitrogen and oxygen atoms in total. The number of nitrogens with one attached hydrogen (secondary N) is 1. The number of hydrogen-bond acceptors (Lipinski definition) is 2. The van der Waals surface area contributed by atoms with Gasteiger partial charge in [0.1, 0.15) is 5.82 Å². The highest BCUT2D eigenvalue weighted by Crippen LogP contribution is 2.33. The van der Waals surface area contributed by atoms with Gasteiger partial charge < -0.3 is 10.4 Å². The molecule has 2 aliphatic carbocycles. The Morgan fingerprint density at radius 2 is 2.16 bits per heavy atom. The molecule has 0 bridgehead atoms. The second-order valence-electron chi connectivity index (χ2n) is 5.55. The van der Waals surface area contributed by atoms with Crippen molar-refractivity contribution < 1.29 is 14.3 Å². The summed E-state index contributed by atoms with van der Waals surface area (Å²) in [5.41, 5.74) is 2.00. The third kappa shape index (κ3) is 2.37. The lowest BCUT2D eigenvalue weighted by molar-refractivity contribution is -0.128. The van der Waals surface area contributed by atoms with Gasteiger partial charge in [-0.3, -0.25) is 4.79 Å². The van der Waals surface area contributed by atoms with Crippen LogP contribution in [0.1, 0.15) is 42.9 Å². The van der Waals surface area contributed by atoms with E-state index in [9.17, 15) is 14.3 Å². The number of fused-ring (bicyclic) bond motifs is 1. The number of aliphatic hydroxyl groups excluding tert-OH is 1. The van der Waals surface area contributed by atoms with Crippen molar-refractivity contribution in [2.24, 2.45) is 5.92 Å². The summed E-state index contributed by atoms with van der Waals surface area (Å²) in [6.07, 6.45) is 3.49. The molecule has 1 amide bonds. The Kier molecular flexibility index (Phi) is 3.27. The van der Waals surface area contributed by atoms with Crippen LogP contribution in [0.15, 0.2) is 18.2 Å². The van der Waals surface area contributed by atoms with Gasteiger partial charge >= 0.3 is 0 Å². The van der Waals surface area contributed by atoms with E-state index < -0.39 is 6.10 Å². The number of halogens is 1. The van der Waals surface area contributed by atoms with Gasteiger partial charge in [-0.1, -0.05) is 6.07 Å². The van der Waals surface area contributed by atoms with Gasteiger partial charge in [-0.05, 0) is 55.4 Å². The predicted molar refractivity (Wildman–Crippen MR) is 69.0 cm³/mol. The van der Waals surface area contributed by atoms with Crippen LogP contribution in [0.4, 0.5) is 4.39 Å². The SMILES string of the molecule is O=C(NC1CCc2cc(F)ccc21)C1CCCC1O. The minimum Gasteiger partial charge on any atom is -0.392 e. The van der Waals surface area contributed by atoms with Crippen LogP contribution < -0.4 is 5.32 Å². The van der Waals surface area contributed by atoms with E-state index in [1.807, 2.05) is 0 Å². The summed E-state index contributed by atoms with van der Waals surface area (Å²) in [6.45, 7) is 0. The fourth-order valence-corrected chi connectivity index (χ4v) is 3.26. The first-order valence-electron chi connectivity index (χ1n) is 6.92. The molecule has 0 aromatic heterocycles. The van der Waals surface area contributed by atoms with E-state index in [4.69, 9.17) is 0 Å². The van der Waals surface area contributed by atoms with Gasteiger partial charge in [0.15, 0.2) is 0 Å². The van der Waals surface area contributed by atoms with Crippen LogP contribution >= 0.6 is 0 Å². The van der Waals surface area contributed by atoms with E-state index in [0.29, 0.717) is 6.42 Å². The molecule has 3 rings (SSSR count). The first kappa shape index (κ1) is 12.6. The predicted octanol–water partition coefficient (Wildman–Crippen LogP) is 2.09. The lowest BCUT2D eigenvalue weighted by atomic mass is 10.0. The monoisotopic (exact) mass is 263 g/mol. The number of amides is 1. The normalized spacial score (nSPS) is 29.3. The molecule has 2 aliphatic rings. The number of hydrogen-bond donors (Lipinski definition) is 2. The zero-order valence-corrected chi connectivity index (χ0v) is 10.7. The number of rotatable bonds is 2. The van der Waals surface area contributed by atoms with Crippen LogP contribution in [-0.4, -0.2) is 17.1 Å². The van der Waals surface area contributed by atoms with Crippen LogP contribution in [-0.2, 0) is 11.2 Å². The van der Waals surface area contributed by atoms with Crippen molar-refractivity contribution in [1.82, 2.24) is 5.32 Å². The third-order valence-corrected chi connectivity index (χ3v) is 4.32. The van der Waals surface area contributed by atoms with Crippen molar-refractivity contribution in [3.63, 3.8) is 0 Å². The maximum Gasteiger partial charge on any atom is 0.226 e. The van der Waals surface area contributed by atoms with E-state index in [0.717, 1.165) is 36.8 Å². The smallest absolute Gasteiger partial charge is 0.226 e. The Hall–Kier alpha value is -1.42. The van der Waals surface area contributed by atoms with E-state index in [1.165, 1.54) is 6.07 Å². The molecule has 0 saturated heterocycles. The highest BCUT2D eigenvalue weighted by molar-refractivity contribution is 5.80. The Bertz CT molecular complexity index is 503. The van der Waals surface area contributed by atoms with Gasteiger partial charge in [-0.2, -0.15) is 0 Å². The quantitative estimate of drug-likeness (QED) is 0.858. The summed E-state index contributed by atoms with van der Waals surface area (Å²) < 4.78 is 13.1. The molecule has 19 heavy (non-hydrogen) atoms. The minimum atomic E-state index is -0.505. The van der Waals surface area contributed by atoms with Crippen molar-refractivity contribution in [1.29, 1.82) is 0 Å². The van der Waals surface area contributed by atoms with Crippen LogP contribution in [0.2, 0.25) is 0 Å². The maximum atomic E-state index is 13.1. The van der Waals surface area contributed by atoms with Crippen LogP contribution in [0, 0.1) is 11.7 Å². The molecule has 0 heterocycles. The Balaban J connectivity index is 1.71. The summed E-state index contributed by atoms with van der Waals surface area (Å²) in [7, 11) is 0. The summed E-state index contributed by atoms with van der Waals surface area (Å²) >= 11 is 0. The minimum absolute atomic E-state index is 0.0316. The molecule has 102 valence electrons. The zero-order chi connectivity index (χ0) is 13.4. The summed E-state index contributed by atoms with van der Waals surface area (Å²) in [5, 5.41) is 12.8. The molecular weight excluding hydrogens is 245 g/mol. The van der Waals surface area contributed by atoms with E-state index in [1.54, 1.807) is 12.1 Å². The van der Waals surface area contributed by atoms with Crippen molar-refractivity contribution in [2.45, 2.75) is 44.2 Å². The first-order valence-corrected chi connectivity index (χ1v) is 6.92. The lowest BCUT2D eigenvalue weighted by Gasteiger charge is -2.19. The van der Waals surface area contributed by atoms with Gasteiger partial charge in [0.2, 0.25) is 5.91 Å². The third-order valence-electron chi connectivity index (χ3n) is 4.32. The number of aryl methyl sites for hydroxylation is 1. The fourth-order valence-electron chi connectivity index (χ4n) is 3.26. The Morgan fingerprint density at radius 1 is 1.32 bits per heavy atom. The van der Waals surface area contributed by atoms with Crippen molar-refractivity contribution >= 4 is 5.91 Å². The topological polar surface area (TPSA) is 49.3 Å². The van der Waals surface area contributed by atoms with Crippen LogP contribution in [0.3, 0.4) is 0 Å². The molecular formula is C15H18FNO2. The van der Waals surface area contributed by atoms with Crippen molar-refractivity contribution in [2.75, 3.05) is 0 Å². The Labute approximate surface area is 111 Å². The summed E-state index contributed by atoms with van der Waals surface area (Å²) in [5.74, 6) is -0.561. The zero-order valence-electron chi connectivity index (χ0n) is 10.7. The van der Waals surface area contributed by atoms with Crippen molar-refractivity contribution in [3.05, 3.63) is 35.1 Å². The average molecular weight is 263 g/mol. The second-order valence-corrected chi connectivity index (χ2v) is 5.55. The summed E-state index contributed by atoms with van der Waals surface area (Å²) in [4.78, 5) is 12.1. The molecule has 1 saturated carbocycles. The largest absolute Gasteiger partial charge is 0.392 e. The number of aliphatic hydroxyl groups is 1. The molecule has 2 N–H and O–H groups in total. The van der Waals surface area contributed by atoms with Gasteiger partial charge in [0.05, 0.1) is 18.1 Å². The highest BCUT2D eigenvalue weighted by Gasteiger charge is 2.33. The number of benzene rings is 1. The molecule has 0 radical (unpaired) electrons. The summed E-state index contributed by atoms with van der Waals surface area (Å²) in [6, 6.07) is 4.71. The molecule has 1 aromatic rings. The standard InChI is InChI=1S/C15H18FNO2/c16-10-5-6-11-9(8-10)4-7-13(11)17-15(19)12-2-1-3-14(12)18/h5-6,8,12-14,18H,1-4,7H2,(H,17,19). The molecule has 0 spiro atoms. The first-order chi connectivity index (χ1) is 9.15. The van der Waals surface area contributed by atoms with E-state index in [2.05, 4.69) is 5.32 Å². The molecule has 4 heteroatoms. The lowest BCUT2D eigenvalue weighted by Crippen LogP contribution is -2.36. The maximum absolute atomic E-state index is 13.1. The van der Waals surface area contributed by atoms with Crippen LogP contribution in [0.25, 0.3) is 0 Å². The van der Waals surface area contributed by atoms with Gasteiger partial charge in [-0.15, -0.1) is 0 Å². The Morgan fingerprint density at radius 3 is 2.89 bits per heavy atom. The molecule has 1 aromatic carbocycles.